The maximum atomic E-state index is 4.63. The first-order valence-electron chi connectivity index (χ1n) is 17.1. The van der Waals surface area contributed by atoms with Crippen LogP contribution in [0.5, 0.6) is 0 Å². The molecular formula is C40H56N2. The molecule has 0 aromatic rings. The van der Waals surface area contributed by atoms with Crippen LogP contribution in [0.1, 0.15) is 84.5 Å². The van der Waals surface area contributed by atoms with E-state index in [0.29, 0.717) is 23.4 Å². The van der Waals surface area contributed by atoms with Crippen LogP contribution in [0, 0.1) is 23.2 Å². The molecule has 4 aliphatic carbocycles. The van der Waals surface area contributed by atoms with Crippen LogP contribution in [0.2, 0.25) is 0 Å². The summed E-state index contributed by atoms with van der Waals surface area (Å²) in [4.78, 5) is 2.62. The van der Waals surface area contributed by atoms with Gasteiger partial charge < -0.3 is 5.32 Å². The second-order valence-corrected chi connectivity index (χ2v) is 13.4. The van der Waals surface area contributed by atoms with Crippen molar-refractivity contribution >= 4 is 0 Å². The highest BCUT2D eigenvalue weighted by atomic mass is 15.1. The second kappa shape index (κ2) is 15.3. The molecular weight excluding hydrogens is 508 g/mol. The molecule has 1 saturated carbocycles. The van der Waals surface area contributed by atoms with Crippen molar-refractivity contribution in [2.45, 2.75) is 96.6 Å². The van der Waals surface area contributed by atoms with Crippen LogP contribution >= 0.6 is 0 Å². The van der Waals surface area contributed by atoms with Crippen LogP contribution in [0.15, 0.2) is 108 Å². The van der Waals surface area contributed by atoms with Crippen LogP contribution in [0.25, 0.3) is 0 Å². The first kappa shape index (κ1) is 31.0. The van der Waals surface area contributed by atoms with Crippen molar-refractivity contribution in [3.8, 4) is 0 Å². The van der Waals surface area contributed by atoms with E-state index < -0.39 is 0 Å². The molecule has 6 atom stereocenters. The predicted molar refractivity (Wildman–Crippen MR) is 182 cm³/mol. The molecule has 2 nitrogen and oxygen atoms in total. The highest BCUT2D eigenvalue weighted by Gasteiger charge is 2.58. The first-order valence-corrected chi connectivity index (χ1v) is 17.1. The maximum Gasteiger partial charge on any atom is 0.0354 e. The lowest BCUT2D eigenvalue weighted by Crippen LogP contribution is -2.41. The Balaban J connectivity index is 1.16. The Morgan fingerprint density at radius 1 is 1.00 bits per heavy atom. The normalized spacial score (nSPS) is 37.0. The molecule has 5 rings (SSSR count). The van der Waals surface area contributed by atoms with Gasteiger partial charge in [-0.3, -0.25) is 4.90 Å². The van der Waals surface area contributed by atoms with Gasteiger partial charge in [0.25, 0.3) is 0 Å². The Kier molecular flexibility index (Phi) is 11.3. The van der Waals surface area contributed by atoms with E-state index in [1.807, 2.05) is 0 Å². The molecule has 0 bridgehead atoms. The molecule has 1 fully saturated rings. The zero-order valence-electron chi connectivity index (χ0n) is 26.5. The predicted octanol–water partition coefficient (Wildman–Crippen LogP) is 9.60. The summed E-state index contributed by atoms with van der Waals surface area (Å²) in [6.07, 6.45) is 46.4. The molecule has 1 aliphatic heterocycles. The minimum Gasteiger partial charge on any atom is -0.314 e. The van der Waals surface area contributed by atoms with E-state index in [4.69, 9.17) is 0 Å². The van der Waals surface area contributed by atoms with Crippen LogP contribution in [-0.4, -0.2) is 36.6 Å². The Hall–Kier alpha value is -2.42. The van der Waals surface area contributed by atoms with Crippen molar-refractivity contribution in [3.63, 3.8) is 0 Å². The molecule has 42 heavy (non-hydrogen) atoms. The van der Waals surface area contributed by atoms with Gasteiger partial charge in [-0.05, 0) is 120 Å². The molecule has 0 saturated heterocycles. The fraction of sp³-hybridized carbons (Fsp3) is 0.550. The van der Waals surface area contributed by atoms with Gasteiger partial charge in [0, 0.05) is 24.0 Å². The van der Waals surface area contributed by atoms with Crippen LogP contribution in [-0.2, 0) is 0 Å². The monoisotopic (exact) mass is 564 g/mol. The van der Waals surface area contributed by atoms with Crippen molar-refractivity contribution in [1.29, 1.82) is 0 Å². The summed E-state index contributed by atoms with van der Waals surface area (Å²) in [6, 6.07) is 0.963. The summed E-state index contributed by atoms with van der Waals surface area (Å²) in [6.45, 7) is 12.5. The third-order valence-electron chi connectivity index (χ3n) is 10.7. The molecule has 1 spiro atoms. The van der Waals surface area contributed by atoms with E-state index in [9.17, 15) is 0 Å². The van der Waals surface area contributed by atoms with Crippen molar-refractivity contribution < 1.29 is 0 Å². The maximum absolute atomic E-state index is 4.63. The zero-order chi connectivity index (χ0) is 29.2. The van der Waals surface area contributed by atoms with E-state index in [2.05, 4.69) is 116 Å². The minimum absolute atomic E-state index is 0.393. The Morgan fingerprint density at radius 2 is 1.83 bits per heavy atom. The molecule has 2 heteroatoms. The number of rotatable bonds is 10. The fourth-order valence-corrected chi connectivity index (χ4v) is 8.07. The summed E-state index contributed by atoms with van der Waals surface area (Å²) in [7, 11) is 0. The lowest BCUT2D eigenvalue weighted by molar-refractivity contribution is 0.214. The third-order valence-corrected chi connectivity index (χ3v) is 10.7. The van der Waals surface area contributed by atoms with Gasteiger partial charge >= 0.3 is 0 Å². The summed E-state index contributed by atoms with van der Waals surface area (Å²) >= 11 is 0. The number of likely N-dealkylation sites (N-methyl/N-ethyl adjacent to an activating group) is 1. The quantitative estimate of drug-likeness (QED) is 0.266. The standard InChI is InChI=1S/C40H56N2/c1-4-42-28-17-16-20-34(29-39(42)33(3)35-21-10-8-11-22-35)31-41-32(2)19-18-27-37-24-13-7-5-6-12-23-36-25-14-9-15-26-38-30-40(36,37)38/h5-7,9-10,12,14-17,21-22,24,26,32,34,36,38-39,41H,3-4,8,11,13,18-20,23,25,27-31H2,1-2H3/b7-5-,12-6-,14-9-,17-16-,26-15-,37-24-. The zero-order valence-corrected chi connectivity index (χ0v) is 26.5. The molecule has 0 aromatic carbocycles. The highest BCUT2D eigenvalue weighted by molar-refractivity contribution is 5.43. The molecule has 5 aliphatic rings. The minimum atomic E-state index is 0.393. The Labute approximate surface area is 257 Å². The molecule has 0 aromatic heterocycles. The topological polar surface area (TPSA) is 15.3 Å². The average Bonchev–Trinajstić information content (AvgIpc) is 3.70. The van der Waals surface area contributed by atoms with Crippen molar-refractivity contribution in [3.05, 3.63) is 108 Å². The van der Waals surface area contributed by atoms with Crippen molar-refractivity contribution in [2.75, 3.05) is 19.6 Å². The second-order valence-electron chi connectivity index (χ2n) is 13.4. The van der Waals surface area contributed by atoms with Gasteiger partial charge in [-0.25, -0.2) is 0 Å². The summed E-state index contributed by atoms with van der Waals surface area (Å²) < 4.78 is 0. The Bertz CT molecular complexity index is 1160. The van der Waals surface area contributed by atoms with Gasteiger partial charge in [0.1, 0.15) is 0 Å². The summed E-state index contributed by atoms with van der Waals surface area (Å²) in [5.74, 6) is 2.09. The van der Waals surface area contributed by atoms with Gasteiger partial charge in [-0.2, -0.15) is 0 Å². The van der Waals surface area contributed by atoms with Crippen molar-refractivity contribution in [2.24, 2.45) is 23.2 Å². The smallest absolute Gasteiger partial charge is 0.0354 e. The first-order chi connectivity index (χ1) is 20.6. The fourth-order valence-electron chi connectivity index (χ4n) is 8.07. The largest absolute Gasteiger partial charge is 0.314 e. The Morgan fingerprint density at radius 3 is 2.64 bits per heavy atom. The van der Waals surface area contributed by atoms with Crippen LogP contribution in [0.3, 0.4) is 0 Å². The number of hydrogen-bond donors (Lipinski definition) is 1. The average molecular weight is 565 g/mol. The number of hydrogen-bond acceptors (Lipinski definition) is 2. The molecule has 0 radical (unpaired) electrons. The lowest BCUT2D eigenvalue weighted by atomic mass is 9.73. The molecule has 226 valence electrons. The van der Waals surface area contributed by atoms with E-state index >= 15 is 0 Å². The van der Waals surface area contributed by atoms with Crippen LogP contribution < -0.4 is 5.32 Å². The number of nitrogens with one attached hydrogen (secondary N) is 1. The van der Waals surface area contributed by atoms with Crippen molar-refractivity contribution in [1.82, 2.24) is 10.2 Å². The summed E-state index contributed by atoms with van der Waals surface area (Å²) in [5.41, 5.74) is 4.83. The van der Waals surface area contributed by atoms with Gasteiger partial charge in [0.15, 0.2) is 0 Å². The van der Waals surface area contributed by atoms with E-state index in [1.165, 1.54) is 56.1 Å². The molecule has 1 heterocycles. The van der Waals surface area contributed by atoms with E-state index in [-0.39, 0.29) is 0 Å². The highest BCUT2D eigenvalue weighted by Crippen LogP contribution is 2.66. The van der Waals surface area contributed by atoms with E-state index in [1.54, 1.807) is 5.57 Å². The SMILES string of the molecule is C=C(C1=CCCC=C1)C1CC(CNC(C)CCC/C2=C/C/C=C\C=C/CC3C/C=C\C=C/C4CC243)C/C=C\CN1CC. The molecule has 1 N–H and O–H groups in total. The third kappa shape index (κ3) is 7.74. The number of nitrogens with zero attached hydrogens (tertiary/aromatic N) is 1. The van der Waals surface area contributed by atoms with Gasteiger partial charge in [-0.1, -0.05) is 104 Å². The molecule has 0 amide bonds. The van der Waals surface area contributed by atoms with E-state index in [0.717, 1.165) is 57.2 Å². The van der Waals surface area contributed by atoms with Gasteiger partial charge in [0.2, 0.25) is 0 Å². The van der Waals surface area contributed by atoms with Gasteiger partial charge in [-0.15, -0.1) is 0 Å². The summed E-state index contributed by atoms with van der Waals surface area (Å²) in [5, 5.41) is 3.97. The lowest BCUT2D eigenvalue weighted by Gasteiger charge is -2.36. The van der Waals surface area contributed by atoms with Crippen LogP contribution in [0.4, 0.5) is 0 Å². The molecule has 6 unspecified atom stereocenters. The number of allylic oxidation sites excluding steroid dienone is 14. The van der Waals surface area contributed by atoms with Gasteiger partial charge in [0.05, 0.1) is 0 Å².